The highest BCUT2D eigenvalue weighted by molar-refractivity contribution is 6.19. The first kappa shape index (κ1) is 9.81. The van der Waals surface area contributed by atoms with E-state index in [1.54, 1.807) is 0 Å². The molecule has 2 nitrogen and oxygen atoms in total. The quantitative estimate of drug-likeness (QED) is 0.433. The molecule has 0 radical (unpaired) electrons. The summed E-state index contributed by atoms with van der Waals surface area (Å²) in [5.41, 5.74) is 7.07. The van der Waals surface area contributed by atoms with Gasteiger partial charge >= 0.3 is 0 Å². The number of hydrogen-bond acceptors (Lipinski definition) is 1. The van der Waals surface area contributed by atoms with Crippen LogP contribution in [0.4, 0.5) is 0 Å². The fourth-order valence-corrected chi connectivity index (χ4v) is 1.15. The number of allylic oxidation sites excluding steroid dienone is 1. The number of nitrogen functional groups attached to an aromatic ring is 1. The van der Waals surface area contributed by atoms with Crippen LogP contribution in [0.3, 0.4) is 0 Å². The highest BCUT2D eigenvalue weighted by atomic mass is 35.5. The molecule has 3 N–H and O–H groups in total. The summed E-state index contributed by atoms with van der Waals surface area (Å²) in [6.07, 6.45) is 3.69. The van der Waals surface area contributed by atoms with Crippen LogP contribution in [0.5, 0.6) is 0 Å². The van der Waals surface area contributed by atoms with Crippen molar-refractivity contribution in [1.29, 1.82) is 5.41 Å². The molecule has 0 heterocycles. The molecule has 0 bridgehead atoms. The van der Waals surface area contributed by atoms with Gasteiger partial charge < -0.3 is 5.73 Å². The van der Waals surface area contributed by atoms with Gasteiger partial charge in [-0.05, 0) is 5.56 Å². The first-order valence-electron chi connectivity index (χ1n) is 3.91. The molecule has 0 fully saturated rings. The lowest BCUT2D eigenvalue weighted by Crippen LogP contribution is -2.12. The lowest BCUT2D eigenvalue weighted by atomic mass is 10.1. The minimum Gasteiger partial charge on any atom is -0.384 e. The molecule has 1 aromatic carbocycles. The van der Waals surface area contributed by atoms with E-state index in [9.17, 15) is 0 Å². The van der Waals surface area contributed by atoms with Crippen LogP contribution in [0, 0.1) is 5.41 Å². The Hall–Kier alpha value is -1.28. The highest BCUT2D eigenvalue weighted by Crippen LogP contribution is 2.09. The topological polar surface area (TPSA) is 49.9 Å². The Balaban J connectivity index is 3.05. The molecule has 13 heavy (non-hydrogen) atoms. The van der Waals surface area contributed by atoms with E-state index in [2.05, 4.69) is 0 Å². The van der Waals surface area contributed by atoms with E-state index in [0.717, 1.165) is 11.1 Å². The summed E-state index contributed by atoms with van der Waals surface area (Å²) in [5, 5.41) is 7.32. The summed E-state index contributed by atoms with van der Waals surface area (Å²) in [6.45, 7) is 0. The van der Waals surface area contributed by atoms with Crippen molar-refractivity contribution in [2.75, 3.05) is 5.88 Å². The number of nitrogens with two attached hydrogens (primary N) is 1. The third kappa shape index (κ3) is 2.60. The Morgan fingerprint density at radius 3 is 2.77 bits per heavy atom. The zero-order valence-corrected chi connectivity index (χ0v) is 7.88. The predicted molar refractivity (Wildman–Crippen MR) is 57.2 cm³/mol. The Kier molecular flexibility index (Phi) is 3.53. The maximum absolute atomic E-state index is 7.32. The first-order valence-corrected chi connectivity index (χ1v) is 4.45. The van der Waals surface area contributed by atoms with Crippen molar-refractivity contribution in [1.82, 2.24) is 0 Å². The second kappa shape index (κ2) is 4.67. The third-order valence-electron chi connectivity index (χ3n) is 1.64. The second-order valence-electron chi connectivity index (χ2n) is 2.56. The van der Waals surface area contributed by atoms with E-state index < -0.39 is 0 Å². The molecular formula is C10H11ClN2. The van der Waals surface area contributed by atoms with Crippen LogP contribution in [0.2, 0.25) is 0 Å². The van der Waals surface area contributed by atoms with Crippen LogP contribution in [0.1, 0.15) is 11.1 Å². The summed E-state index contributed by atoms with van der Waals surface area (Å²) < 4.78 is 0. The fraction of sp³-hybridized carbons (Fsp3) is 0.100. The van der Waals surface area contributed by atoms with Gasteiger partial charge in [-0.15, -0.1) is 11.6 Å². The standard InChI is InChI=1S/C10H11ClN2/c11-7-3-5-8-4-1-2-6-9(8)10(12)13/h1-6H,7H2,(H3,12,13). The smallest absolute Gasteiger partial charge is 0.123 e. The van der Waals surface area contributed by atoms with Crippen molar-refractivity contribution < 1.29 is 0 Å². The fourth-order valence-electron chi connectivity index (χ4n) is 1.06. The number of benzene rings is 1. The third-order valence-corrected chi connectivity index (χ3v) is 1.82. The van der Waals surface area contributed by atoms with Gasteiger partial charge in [-0.25, -0.2) is 0 Å². The molecule has 0 amide bonds. The molecule has 0 saturated heterocycles. The van der Waals surface area contributed by atoms with Crippen molar-refractivity contribution >= 4 is 23.5 Å². The monoisotopic (exact) mass is 194 g/mol. The van der Waals surface area contributed by atoms with Crippen molar-refractivity contribution in [3.8, 4) is 0 Å². The van der Waals surface area contributed by atoms with Gasteiger partial charge in [0.1, 0.15) is 5.84 Å². The SMILES string of the molecule is N=C(N)c1ccccc1C=CCCl. The van der Waals surface area contributed by atoms with Gasteiger partial charge in [0.25, 0.3) is 0 Å². The van der Waals surface area contributed by atoms with Gasteiger partial charge in [-0.1, -0.05) is 36.4 Å². The minimum atomic E-state index is 0.0785. The number of halogens is 1. The maximum atomic E-state index is 7.32. The van der Waals surface area contributed by atoms with E-state index >= 15 is 0 Å². The molecule has 68 valence electrons. The molecule has 3 heteroatoms. The van der Waals surface area contributed by atoms with E-state index in [-0.39, 0.29) is 5.84 Å². The molecular weight excluding hydrogens is 184 g/mol. The molecule has 1 aromatic rings. The van der Waals surface area contributed by atoms with E-state index in [1.165, 1.54) is 0 Å². The summed E-state index contributed by atoms with van der Waals surface area (Å²) in [4.78, 5) is 0. The van der Waals surface area contributed by atoms with Crippen LogP contribution in [0.25, 0.3) is 6.08 Å². The summed E-state index contributed by atoms with van der Waals surface area (Å²) in [6, 6.07) is 7.48. The van der Waals surface area contributed by atoms with Crippen molar-refractivity contribution in [3.05, 3.63) is 41.5 Å². The molecule has 0 saturated carbocycles. The van der Waals surface area contributed by atoms with E-state index in [1.807, 2.05) is 36.4 Å². The molecule has 0 aliphatic rings. The minimum absolute atomic E-state index is 0.0785. The molecule has 0 aromatic heterocycles. The Morgan fingerprint density at radius 2 is 2.15 bits per heavy atom. The van der Waals surface area contributed by atoms with E-state index in [0.29, 0.717) is 5.88 Å². The predicted octanol–water partition coefficient (Wildman–Crippen LogP) is 2.22. The van der Waals surface area contributed by atoms with E-state index in [4.69, 9.17) is 22.7 Å². The zero-order valence-electron chi connectivity index (χ0n) is 7.13. The number of hydrogen-bond donors (Lipinski definition) is 2. The van der Waals surface area contributed by atoms with Gasteiger partial charge in [0, 0.05) is 11.4 Å². The number of rotatable bonds is 3. The average molecular weight is 195 g/mol. The zero-order chi connectivity index (χ0) is 9.68. The molecule has 0 aliphatic heterocycles. The molecule has 0 unspecified atom stereocenters. The van der Waals surface area contributed by atoms with Gasteiger partial charge in [0.15, 0.2) is 0 Å². The lowest BCUT2D eigenvalue weighted by Gasteiger charge is -2.02. The Bertz CT molecular complexity index is 331. The second-order valence-corrected chi connectivity index (χ2v) is 2.87. The van der Waals surface area contributed by atoms with Crippen LogP contribution in [0.15, 0.2) is 30.3 Å². The highest BCUT2D eigenvalue weighted by Gasteiger charge is 1.99. The maximum Gasteiger partial charge on any atom is 0.123 e. The van der Waals surface area contributed by atoms with Crippen LogP contribution >= 0.6 is 11.6 Å². The van der Waals surface area contributed by atoms with Crippen molar-refractivity contribution in [3.63, 3.8) is 0 Å². The number of nitrogens with one attached hydrogen (secondary N) is 1. The Morgan fingerprint density at radius 1 is 1.46 bits per heavy atom. The Labute approximate surface area is 82.5 Å². The number of amidine groups is 1. The normalized spacial score (nSPS) is 10.5. The first-order chi connectivity index (χ1) is 6.25. The molecule has 0 aliphatic carbocycles. The van der Waals surface area contributed by atoms with Crippen LogP contribution in [-0.2, 0) is 0 Å². The molecule has 0 atom stereocenters. The van der Waals surface area contributed by atoms with Crippen molar-refractivity contribution in [2.45, 2.75) is 0 Å². The van der Waals surface area contributed by atoms with Gasteiger partial charge in [-0.2, -0.15) is 0 Å². The van der Waals surface area contributed by atoms with Gasteiger partial charge in [0.2, 0.25) is 0 Å². The largest absolute Gasteiger partial charge is 0.384 e. The average Bonchev–Trinajstić information content (AvgIpc) is 2.15. The molecule has 1 rings (SSSR count). The summed E-state index contributed by atoms with van der Waals surface area (Å²) >= 11 is 5.51. The number of alkyl halides is 1. The van der Waals surface area contributed by atoms with Gasteiger partial charge in [0.05, 0.1) is 0 Å². The lowest BCUT2D eigenvalue weighted by molar-refractivity contribution is 1.42. The van der Waals surface area contributed by atoms with Crippen molar-refractivity contribution in [2.24, 2.45) is 5.73 Å². The molecule has 0 spiro atoms. The van der Waals surface area contributed by atoms with Crippen LogP contribution < -0.4 is 5.73 Å². The van der Waals surface area contributed by atoms with Gasteiger partial charge in [-0.3, -0.25) is 5.41 Å². The van der Waals surface area contributed by atoms with Crippen LogP contribution in [-0.4, -0.2) is 11.7 Å². The summed E-state index contributed by atoms with van der Waals surface area (Å²) in [7, 11) is 0. The summed E-state index contributed by atoms with van der Waals surface area (Å²) in [5.74, 6) is 0.543.